The maximum absolute atomic E-state index is 11.8. The van der Waals surface area contributed by atoms with Crippen molar-refractivity contribution in [2.24, 2.45) is 0 Å². The van der Waals surface area contributed by atoms with Crippen molar-refractivity contribution in [3.63, 3.8) is 0 Å². The van der Waals surface area contributed by atoms with Gasteiger partial charge < -0.3 is 4.74 Å². The van der Waals surface area contributed by atoms with E-state index in [2.05, 4.69) is 23.2 Å². The number of nitrogens with zero attached hydrogens (tertiary/aromatic N) is 1. The van der Waals surface area contributed by atoms with Crippen LogP contribution in [0.5, 0.6) is 11.6 Å². The number of hydrogen-bond donors (Lipinski definition) is 1. The summed E-state index contributed by atoms with van der Waals surface area (Å²) >= 11 is 5.69. The average molecular weight is 291 g/mol. The topological polar surface area (TPSA) is 55.0 Å². The predicted octanol–water partition coefficient (Wildman–Crippen LogP) is 3.71. The van der Waals surface area contributed by atoms with Crippen molar-refractivity contribution in [1.82, 2.24) is 10.2 Å². The molecule has 0 atom stereocenters. The molecule has 0 saturated heterocycles. The third kappa shape index (κ3) is 2.56. The van der Waals surface area contributed by atoms with Crippen molar-refractivity contribution >= 4 is 11.6 Å². The number of aromatic nitrogens is 2. The zero-order chi connectivity index (χ0) is 14.3. The highest BCUT2D eigenvalue weighted by Gasteiger charge is 2.28. The number of H-pyrrole nitrogens is 1. The van der Waals surface area contributed by atoms with Gasteiger partial charge in [0, 0.05) is 6.07 Å². The van der Waals surface area contributed by atoms with Crippen molar-refractivity contribution in [2.75, 3.05) is 0 Å². The van der Waals surface area contributed by atoms with Gasteiger partial charge in [-0.15, -0.1) is 5.10 Å². The normalized spacial score (nSPS) is 14.3. The fourth-order valence-corrected chi connectivity index (χ4v) is 2.50. The lowest BCUT2D eigenvalue weighted by atomic mass is 10.0. The van der Waals surface area contributed by atoms with Crippen LogP contribution in [0.2, 0.25) is 5.15 Å². The minimum atomic E-state index is -0.324. The number of hydrogen-bond acceptors (Lipinski definition) is 3. The molecule has 0 aliphatic heterocycles. The highest BCUT2D eigenvalue weighted by Crippen LogP contribution is 2.46. The van der Waals surface area contributed by atoms with Gasteiger partial charge in [-0.05, 0) is 43.7 Å². The molecule has 0 amide bonds. The van der Waals surface area contributed by atoms with Crippen molar-refractivity contribution in [3.8, 4) is 11.6 Å². The van der Waals surface area contributed by atoms with Gasteiger partial charge in [0.15, 0.2) is 0 Å². The van der Waals surface area contributed by atoms with E-state index in [1.807, 2.05) is 13.0 Å². The van der Waals surface area contributed by atoms with E-state index in [1.54, 1.807) is 0 Å². The van der Waals surface area contributed by atoms with Gasteiger partial charge in [-0.25, -0.2) is 0 Å². The zero-order valence-corrected chi connectivity index (χ0v) is 12.1. The van der Waals surface area contributed by atoms with Gasteiger partial charge in [0.1, 0.15) is 10.9 Å². The molecule has 0 spiro atoms. The zero-order valence-electron chi connectivity index (χ0n) is 11.4. The summed E-state index contributed by atoms with van der Waals surface area (Å²) in [5, 5.41) is 6.61. The Hall–Kier alpha value is -1.81. The third-order valence-corrected chi connectivity index (χ3v) is 3.59. The Morgan fingerprint density at radius 3 is 2.70 bits per heavy atom. The Kier molecular flexibility index (Phi) is 3.26. The second-order valence-electron chi connectivity index (χ2n) is 5.26. The van der Waals surface area contributed by atoms with Gasteiger partial charge in [0.25, 0.3) is 5.88 Å². The van der Waals surface area contributed by atoms with E-state index >= 15 is 0 Å². The molecule has 2 aromatic rings. The maximum atomic E-state index is 11.8. The van der Waals surface area contributed by atoms with Crippen molar-refractivity contribution in [1.29, 1.82) is 0 Å². The molecule has 1 fully saturated rings. The molecule has 1 heterocycles. The summed E-state index contributed by atoms with van der Waals surface area (Å²) in [6, 6.07) is 5.44. The van der Waals surface area contributed by atoms with Crippen LogP contribution in [0.25, 0.3) is 0 Å². The third-order valence-electron chi connectivity index (χ3n) is 3.40. The number of nitrogens with one attached hydrogen (secondary N) is 1. The molecule has 1 aliphatic carbocycles. The SMILES string of the molecule is Cc1cc(C)c(Oc2n[nH]c(Cl)cc2=O)c(C2CC2)c1. The molecular weight excluding hydrogens is 276 g/mol. The summed E-state index contributed by atoms with van der Waals surface area (Å²) < 4.78 is 5.77. The Morgan fingerprint density at radius 1 is 1.30 bits per heavy atom. The van der Waals surface area contributed by atoms with Gasteiger partial charge in [-0.2, -0.15) is 0 Å². The fourth-order valence-electron chi connectivity index (χ4n) is 2.36. The lowest BCUT2D eigenvalue weighted by Crippen LogP contribution is -2.09. The van der Waals surface area contributed by atoms with Crippen molar-refractivity contribution < 1.29 is 4.74 Å². The Labute approximate surface area is 121 Å². The number of aromatic amines is 1. The lowest BCUT2D eigenvalue weighted by Gasteiger charge is -2.13. The first-order chi connectivity index (χ1) is 9.54. The van der Waals surface area contributed by atoms with E-state index in [-0.39, 0.29) is 16.5 Å². The minimum Gasteiger partial charge on any atom is -0.434 e. The van der Waals surface area contributed by atoms with Crippen LogP contribution in [0.3, 0.4) is 0 Å². The molecule has 0 bridgehead atoms. The van der Waals surface area contributed by atoms with E-state index < -0.39 is 0 Å². The minimum absolute atomic E-state index is 0.0308. The first-order valence-corrected chi connectivity index (χ1v) is 6.96. The molecule has 20 heavy (non-hydrogen) atoms. The summed E-state index contributed by atoms with van der Waals surface area (Å²) in [5.74, 6) is 1.32. The Balaban J connectivity index is 2.03. The van der Waals surface area contributed by atoms with Gasteiger partial charge in [-0.3, -0.25) is 9.89 Å². The van der Waals surface area contributed by atoms with Crippen LogP contribution in [0.4, 0.5) is 0 Å². The van der Waals surface area contributed by atoms with Crippen molar-refractivity contribution in [2.45, 2.75) is 32.6 Å². The first-order valence-electron chi connectivity index (χ1n) is 6.59. The summed E-state index contributed by atoms with van der Waals surface area (Å²) in [7, 11) is 0. The highest BCUT2D eigenvalue weighted by atomic mass is 35.5. The number of halogens is 1. The molecule has 0 radical (unpaired) electrons. The van der Waals surface area contributed by atoms with Crippen LogP contribution in [0, 0.1) is 13.8 Å². The second-order valence-corrected chi connectivity index (χ2v) is 5.67. The molecule has 1 N–H and O–H groups in total. The molecule has 0 unspecified atom stereocenters. The molecule has 104 valence electrons. The van der Waals surface area contributed by atoms with E-state index in [1.165, 1.54) is 30.0 Å². The van der Waals surface area contributed by atoms with E-state index in [0.29, 0.717) is 5.92 Å². The molecule has 1 aliphatic rings. The maximum Gasteiger partial charge on any atom is 0.285 e. The standard InChI is InChI=1S/C15H15ClN2O2/c1-8-5-9(2)14(11(6-8)10-3-4-10)20-15-12(19)7-13(16)17-18-15/h5-7,10H,3-4H2,1-2H3,(H,17,19). The summed E-state index contributed by atoms with van der Waals surface area (Å²) in [4.78, 5) is 11.8. The number of rotatable bonds is 3. The van der Waals surface area contributed by atoms with Crippen LogP contribution < -0.4 is 10.2 Å². The van der Waals surface area contributed by atoms with E-state index in [0.717, 1.165) is 11.3 Å². The summed E-state index contributed by atoms with van der Waals surface area (Å²) in [6.45, 7) is 4.05. The van der Waals surface area contributed by atoms with Gasteiger partial charge in [-0.1, -0.05) is 29.3 Å². The van der Waals surface area contributed by atoms with Crippen LogP contribution in [0.15, 0.2) is 23.0 Å². The number of aryl methyl sites for hydroxylation is 2. The summed E-state index contributed by atoms with van der Waals surface area (Å²) in [5.41, 5.74) is 3.06. The fraction of sp³-hybridized carbons (Fsp3) is 0.333. The van der Waals surface area contributed by atoms with Gasteiger partial charge in [0.2, 0.25) is 5.43 Å². The van der Waals surface area contributed by atoms with Crippen LogP contribution in [0.1, 0.15) is 35.4 Å². The molecular formula is C15H15ClN2O2. The largest absolute Gasteiger partial charge is 0.434 e. The van der Waals surface area contributed by atoms with Crippen LogP contribution in [-0.2, 0) is 0 Å². The van der Waals surface area contributed by atoms with Crippen molar-refractivity contribution in [3.05, 3.63) is 50.3 Å². The van der Waals surface area contributed by atoms with Crippen LogP contribution in [-0.4, -0.2) is 10.2 Å². The second kappa shape index (κ2) is 4.94. The molecule has 1 aromatic carbocycles. The van der Waals surface area contributed by atoms with Crippen LogP contribution >= 0.6 is 11.6 Å². The predicted molar refractivity (Wildman–Crippen MR) is 77.8 cm³/mol. The first kappa shape index (κ1) is 13.2. The monoisotopic (exact) mass is 290 g/mol. The van der Waals surface area contributed by atoms with E-state index in [9.17, 15) is 4.79 Å². The smallest absolute Gasteiger partial charge is 0.285 e. The number of ether oxygens (including phenoxy) is 1. The molecule has 5 heteroatoms. The van der Waals surface area contributed by atoms with E-state index in [4.69, 9.17) is 16.3 Å². The lowest BCUT2D eigenvalue weighted by molar-refractivity contribution is 0.441. The molecule has 1 aromatic heterocycles. The highest BCUT2D eigenvalue weighted by molar-refractivity contribution is 6.29. The van der Waals surface area contributed by atoms with Gasteiger partial charge >= 0.3 is 0 Å². The molecule has 1 saturated carbocycles. The quantitative estimate of drug-likeness (QED) is 0.937. The Morgan fingerprint density at radius 2 is 2.05 bits per heavy atom. The average Bonchev–Trinajstić information content (AvgIpc) is 3.19. The number of benzene rings is 1. The van der Waals surface area contributed by atoms with Gasteiger partial charge in [0.05, 0.1) is 0 Å². The Bertz CT molecular complexity index is 720. The summed E-state index contributed by atoms with van der Waals surface area (Å²) in [6.07, 6.45) is 2.34. The molecule has 3 rings (SSSR count). The molecule has 4 nitrogen and oxygen atoms in total.